The molecule has 1 aromatic heterocycles. The molecule has 0 aliphatic rings. The van der Waals surface area contributed by atoms with Gasteiger partial charge >= 0.3 is 5.97 Å². The highest BCUT2D eigenvalue weighted by Gasteiger charge is 2.18. The van der Waals surface area contributed by atoms with Crippen LogP contribution in [-0.4, -0.2) is 34.4 Å². The standard InChI is InChI=1S/C13H21N3O2/c1-4-10(5-2)9-16(6-3)12-11(13(17)18)7-8-14-15-12/h7-8,10H,4-6,9H2,1-3H3,(H,17,18). The number of hydrogen-bond donors (Lipinski definition) is 1. The molecular weight excluding hydrogens is 230 g/mol. The van der Waals surface area contributed by atoms with Gasteiger partial charge in [0.05, 0.1) is 6.20 Å². The van der Waals surface area contributed by atoms with E-state index in [2.05, 4.69) is 24.0 Å². The van der Waals surface area contributed by atoms with Gasteiger partial charge in [0.25, 0.3) is 0 Å². The highest BCUT2D eigenvalue weighted by molar-refractivity contribution is 5.93. The second-order valence-corrected chi connectivity index (χ2v) is 4.29. The molecule has 0 fully saturated rings. The van der Waals surface area contributed by atoms with Crippen LogP contribution in [0.4, 0.5) is 5.82 Å². The highest BCUT2D eigenvalue weighted by Crippen LogP contribution is 2.19. The Hall–Kier alpha value is -1.65. The first kappa shape index (κ1) is 14.4. The quantitative estimate of drug-likeness (QED) is 0.806. The van der Waals surface area contributed by atoms with Gasteiger partial charge in [0, 0.05) is 13.1 Å². The third-order valence-corrected chi connectivity index (χ3v) is 3.25. The maximum absolute atomic E-state index is 11.2. The number of carbonyl (C=O) groups is 1. The molecule has 5 heteroatoms. The van der Waals surface area contributed by atoms with E-state index < -0.39 is 5.97 Å². The summed E-state index contributed by atoms with van der Waals surface area (Å²) in [5.41, 5.74) is 0.220. The fourth-order valence-electron chi connectivity index (χ4n) is 1.95. The zero-order chi connectivity index (χ0) is 13.5. The van der Waals surface area contributed by atoms with Gasteiger partial charge in [-0.1, -0.05) is 26.7 Å². The zero-order valence-corrected chi connectivity index (χ0v) is 11.3. The predicted octanol–water partition coefficient (Wildman–Crippen LogP) is 2.44. The van der Waals surface area contributed by atoms with Gasteiger partial charge in [-0.25, -0.2) is 4.79 Å². The van der Waals surface area contributed by atoms with Gasteiger partial charge in [-0.15, -0.1) is 5.10 Å². The molecule has 0 aliphatic carbocycles. The van der Waals surface area contributed by atoms with Crippen molar-refractivity contribution >= 4 is 11.8 Å². The first-order valence-electron chi connectivity index (χ1n) is 6.43. The van der Waals surface area contributed by atoms with E-state index in [0.29, 0.717) is 11.7 Å². The lowest BCUT2D eigenvalue weighted by atomic mass is 10.0. The number of rotatable bonds is 7. The number of anilines is 1. The van der Waals surface area contributed by atoms with E-state index in [1.807, 2.05) is 11.8 Å². The molecule has 0 aromatic carbocycles. The summed E-state index contributed by atoms with van der Waals surface area (Å²) < 4.78 is 0. The second-order valence-electron chi connectivity index (χ2n) is 4.29. The van der Waals surface area contributed by atoms with Crippen LogP contribution in [0.15, 0.2) is 12.3 Å². The van der Waals surface area contributed by atoms with Crippen molar-refractivity contribution in [2.75, 3.05) is 18.0 Å². The van der Waals surface area contributed by atoms with Crippen LogP contribution in [0.25, 0.3) is 0 Å². The van der Waals surface area contributed by atoms with Gasteiger partial charge in [-0.3, -0.25) is 0 Å². The Kier molecular flexibility index (Phi) is 5.55. The molecule has 1 aromatic rings. The minimum absolute atomic E-state index is 0.220. The van der Waals surface area contributed by atoms with Crippen molar-refractivity contribution in [3.8, 4) is 0 Å². The van der Waals surface area contributed by atoms with Crippen molar-refractivity contribution in [3.63, 3.8) is 0 Å². The SMILES string of the molecule is CCC(CC)CN(CC)c1nnccc1C(=O)O. The highest BCUT2D eigenvalue weighted by atomic mass is 16.4. The molecule has 5 nitrogen and oxygen atoms in total. The van der Waals surface area contributed by atoms with Gasteiger partial charge in [0.2, 0.25) is 0 Å². The lowest BCUT2D eigenvalue weighted by molar-refractivity contribution is 0.0697. The van der Waals surface area contributed by atoms with Gasteiger partial charge in [0.1, 0.15) is 5.56 Å². The van der Waals surface area contributed by atoms with Crippen LogP contribution in [0, 0.1) is 5.92 Å². The number of aromatic carboxylic acids is 1. The van der Waals surface area contributed by atoms with E-state index in [1.165, 1.54) is 12.3 Å². The molecule has 18 heavy (non-hydrogen) atoms. The number of carboxylic acids is 1. The molecule has 0 saturated heterocycles. The molecule has 0 unspecified atom stereocenters. The Morgan fingerprint density at radius 1 is 1.39 bits per heavy atom. The molecule has 0 amide bonds. The lowest BCUT2D eigenvalue weighted by Crippen LogP contribution is -2.31. The summed E-state index contributed by atoms with van der Waals surface area (Å²) in [5.74, 6) is 0.0656. The van der Waals surface area contributed by atoms with E-state index in [0.717, 1.165) is 25.9 Å². The molecule has 0 saturated carbocycles. The minimum Gasteiger partial charge on any atom is -0.478 e. The summed E-state index contributed by atoms with van der Waals surface area (Å²) in [4.78, 5) is 13.2. The third-order valence-electron chi connectivity index (χ3n) is 3.25. The van der Waals surface area contributed by atoms with Crippen LogP contribution in [0.2, 0.25) is 0 Å². The van der Waals surface area contributed by atoms with E-state index >= 15 is 0 Å². The van der Waals surface area contributed by atoms with E-state index in [9.17, 15) is 4.79 Å². The topological polar surface area (TPSA) is 66.3 Å². The summed E-state index contributed by atoms with van der Waals surface area (Å²) in [7, 11) is 0. The first-order valence-corrected chi connectivity index (χ1v) is 6.43. The number of aromatic nitrogens is 2. The molecule has 0 atom stereocenters. The van der Waals surface area contributed by atoms with Crippen LogP contribution in [-0.2, 0) is 0 Å². The van der Waals surface area contributed by atoms with Crippen LogP contribution < -0.4 is 4.90 Å². The van der Waals surface area contributed by atoms with E-state index in [4.69, 9.17) is 5.11 Å². The maximum atomic E-state index is 11.2. The van der Waals surface area contributed by atoms with Gasteiger partial charge in [-0.2, -0.15) is 5.10 Å². The minimum atomic E-state index is -0.956. The van der Waals surface area contributed by atoms with Crippen molar-refractivity contribution in [1.82, 2.24) is 10.2 Å². The normalized spacial score (nSPS) is 10.7. The molecular formula is C13H21N3O2. The fraction of sp³-hybridized carbons (Fsp3) is 0.615. The number of hydrogen-bond acceptors (Lipinski definition) is 4. The van der Waals surface area contributed by atoms with Crippen molar-refractivity contribution < 1.29 is 9.90 Å². The molecule has 0 bridgehead atoms. The Morgan fingerprint density at radius 3 is 2.56 bits per heavy atom. The van der Waals surface area contributed by atoms with Crippen LogP contribution in [0.1, 0.15) is 44.0 Å². The number of nitrogens with zero attached hydrogens (tertiary/aromatic N) is 3. The third kappa shape index (κ3) is 3.42. The molecule has 0 spiro atoms. The zero-order valence-electron chi connectivity index (χ0n) is 11.3. The summed E-state index contributed by atoms with van der Waals surface area (Å²) in [6.45, 7) is 7.86. The largest absolute Gasteiger partial charge is 0.478 e. The molecule has 1 heterocycles. The average Bonchev–Trinajstić information content (AvgIpc) is 2.40. The summed E-state index contributed by atoms with van der Waals surface area (Å²) in [6.07, 6.45) is 3.57. The van der Waals surface area contributed by atoms with Gasteiger partial charge < -0.3 is 10.0 Å². The van der Waals surface area contributed by atoms with Crippen LogP contribution in [0.5, 0.6) is 0 Å². The molecule has 0 radical (unpaired) electrons. The summed E-state index contributed by atoms with van der Waals surface area (Å²) in [5, 5.41) is 17.0. The number of carboxylic acid groups (broad SMARTS) is 1. The Morgan fingerprint density at radius 2 is 2.06 bits per heavy atom. The molecule has 1 rings (SSSR count). The van der Waals surface area contributed by atoms with Crippen molar-refractivity contribution in [2.45, 2.75) is 33.6 Å². The Bertz CT molecular complexity index is 392. The van der Waals surface area contributed by atoms with E-state index in [1.54, 1.807) is 0 Å². The fourth-order valence-corrected chi connectivity index (χ4v) is 1.95. The van der Waals surface area contributed by atoms with E-state index in [-0.39, 0.29) is 5.56 Å². The Labute approximate surface area is 108 Å². The van der Waals surface area contributed by atoms with Crippen LogP contribution in [0.3, 0.4) is 0 Å². The molecule has 100 valence electrons. The average molecular weight is 251 g/mol. The van der Waals surface area contributed by atoms with Crippen molar-refractivity contribution in [1.29, 1.82) is 0 Å². The van der Waals surface area contributed by atoms with Crippen molar-refractivity contribution in [2.24, 2.45) is 5.92 Å². The molecule has 0 aliphatic heterocycles. The first-order chi connectivity index (χ1) is 8.63. The Balaban J connectivity index is 2.97. The summed E-state index contributed by atoms with van der Waals surface area (Å²) >= 11 is 0. The summed E-state index contributed by atoms with van der Waals surface area (Å²) in [6, 6.07) is 1.50. The smallest absolute Gasteiger partial charge is 0.339 e. The monoisotopic (exact) mass is 251 g/mol. The van der Waals surface area contributed by atoms with Gasteiger partial charge in [-0.05, 0) is 18.9 Å². The second kappa shape index (κ2) is 6.93. The molecule has 1 N–H and O–H groups in total. The van der Waals surface area contributed by atoms with Crippen LogP contribution >= 0.6 is 0 Å². The van der Waals surface area contributed by atoms with Crippen molar-refractivity contribution in [3.05, 3.63) is 17.8 Å². The maximum Gasteiger partial charge on any atom is 0.339 e. The van der Waals surface area contributed by atoms with Gasteiger partial charge in [0.15, 0.2) is 5.82 Å². The predicted molar refractivity (Wildman–Crippen MR) is 71.0 cm³/mol. The lowest BCUT2D eigenvalue weighted by Gasteiger charge is -2.26.